The molecular formula is C26H44N2O10S. The highest BCUT2D eigenvalue weighted by Gasteiger charge is 2.24. The molecule has 0 saturated carbocycles. The predicted octanol–water partition coefficient (Wildman–Crippen LogP) is 1.54. The summed E-state index contributed by atoms with van der Waals surface area (Å²) in [5, 5.41) is 22.1. The monoisotopic (exact) mass is 576 g/mol. The topological polar surface area (TPSA) is 185 Å². The summed E-state index contributed by atoms with van der Waals surface area (Å²) in [6.45, 7) is 9.26. The number of hydrogen-bond donors (Lipinski definition) is 4. The molecular weight excluding hydrogens is 532 g/mol. The van der Waals surface area contributed by atoms with E-state index < -0.39 is 42.6 Å². The Kier molecular flexibility index (Phi) is 20.0. The number of aliphatic carboxylic acids is 2. The number of thioether (sulfide) groups is 1. The fourth-order valence-electron chi connectivity index (χ4n) is 3.49. The molecule has 2 unspecified atom stereocenters. The molecule has 224 valence electrons. The van der Waals surface area contributed by atoms with Gasteiger partial charge in [0.1, 0.15) is 24.0 Å². The van der Waals surface area contributed by atoms with Crippen molar-refractivity contribution >= 4 is 47.1 Å². The van der Waals surface area contributed by atoms with Gasteiger partial charge in [-0.2, -0.15) is 11.8 Å². The van der Waals surface area contributed by atoms with Crippen molar-refractivity contribution in [2.45, 2.75) is 65.8 Å². The summed E-state index contributed by atoms with van der Waals surface area (Å²) in [4.78, 5) is 69.4. The summed E-state index contributed by atoms with van der Waals surface area (Å²) in [6.07, 6.45) is 0.388. The summed E-state index contributed by atoms with van der Waals surface area (Å²) in [7, 11) is 0. The number of carbonyl (C=O) groups is 6. The number of Topliss-reactive ketones (excluding diaryl/α,β-unsaturated/α-hetero) is 2. The molecule has 0 spiro atoms. The lowest BCUT2D eigenvalue weighted by atomic mass is 9.89. The Hall–Kier alpha value is -2.51. The summed E-state index contributed by atoms with van der Waals surface area (Å²) in [5.41, 5.74) is 0. The largest absolute Gasteiger partial charge is 0.481 e. The second-order valence-corrected chi connectivity index (χ2v) is 10.9. The Balaban J connectivity index is 3.88. The van der Waals surface area contributed by atoms with Crippen LogP contribution in [-0.4, -0.2) is 96.1 Å². The summed E-state index contributed by atoms with van der Waals surface area (Å²) in [5.74, 6) is -2.65. The second kappa shape index (κ2) is 21.3. The Bertz CT molecular complexity index is 804. The first-order valence-corrected chi connectivity index (χ1v) is 14.3. The molecule has 0 aliphatic rings. The van der Waals surface area contributed by atoms with Gasteiger partial charge >= 0.3 is 11.9 Å². The van der Waals surface area contributed by atoms with Gasteiger partial charge in [-0.1, -0.05) is 27.7 Å². The minimum Gasteiger partial charge on any atom is -0.481 e. The molecule has 0 radical (unpaired) electrons. The van der Waals surface area contributed by atoms with Crippen LogP contribution in [0.4, 0.5) is 0 Å². The highest BCUT2D eigenvalue weighted by molar-refractivity contribution is 7.99. The molecule has 0 aliphatic carbocycles. The summed E-state index contributed by atoms with van der Waals surface area (Å²) < 4.78 is 10.8. The average molecular weight is 577 g/mol. The van der Waals surface area contributed by atoms with Gasteiger partial charge in [0.25, 0.3) is 0 Å². The van der Waals surface area contributed by atoms with E-state index in [1.54, 1.807) is 0 Å². The van der Waals surface area contributed by atoms with Crippen LogP contribution in [0.25, 0.3) is 0 Å². The second-order valence-electron chi connectivity index (χ2n) is 9.85. The molecule has 0 aromatic rings. The average Bonchev–Trinajstić information content (AvgIpc) is 2.82. The smallest absolute Gasteiger partial charge is 0.326 e. The maximum Gasteiger partial charge on any atom is 0.326 e. The van der Waals surface area contributed by atoms with Crippen molar-refractivity contribution in [2.75, 3.05) is 44.5 Å². The molecule has 4 N–H and O–H groups in total. The van der Waals surface area contributed by atoms with Gasteiger partial charge in [0.2, 0.25) is 11.8 Å². The molecule has 0 bridgehead atoms. The Labute approximate surface area is 234 Å². The number of carboxylic acid groups (broad SMARTS) is 2. The fourth-order valence-corrected chi connectivity index (χ4v) is 4.57. The van der Waals surface area contributed by atoms with Crippen LogP contribution < -0.4 is 10.6 Å². The van der Waals surface area contributed by atoms with Gasteiger partial charge in [0, 0.05) is 37.2 Å². The summed E-state index contributed by atoms with van der Waals surface area (Å²) in [6, 6.07) is -1.53. The fraction of sp³-hybridized carbons (Fsp3) is 0.769. The molecule has 2 amide bonds. The summed E-state index contributed by atoms with van der Waals surface area (Å²) >= 11 is 1.52. The number of ether oxygens (including phenoxy) is 2. The van der Waals surface area contributed by atoms with Gasteiger partial charge < -0.3 is 30.3 Å². The molecule has 0 heterocycles. The molecule has 12 nitrogen and oxygen atoms in total. The van der Waals surface area contributed by atoms with Crippen LogP contribution in [0, 0.1) is 17.8 Å². The number of carboxylic acids is 2. The van der Waals surface area contributed by atoms with Crippen LogP contribution in [0.3, 0.4) is 0 Å². The molecule has 0 aromatic heterocycles. The van der Waals surface area contributed by atoms with Gasteiger partial charge in [0.05, 0.1) is 32.0 Å². The maximum absolute atomic E-state index is 12.4. The highest BCUT2D eigenvalue weighted by Crippen LogP contribution is 2.21. The molecule has 2 atom stereocenters. The van der Waals surface area contributed by atoms with E-state index >= 15 is 0 Å². The van der Waals surface area contributed by atoms with Crippen LogP contribution in [-0.2, 0) is 38.2 Å². The number of rotatable bonds is 24. The van der Waals surface area contributed by atoms with Crippen LogP contribution in [0.15, 0.2) is 0 Å². The van der Waals surface area contributed by atoms with E-state index in [0.717, 1.165) is 6.42 Å². The van der Waals surface area contributed by atoms with E-state index in [2.05, 4.69) is 19.2 Å². The number of carbonyl (C=O) groups excluding carboxylic acids is 4. The zero-order valence-electron chi connectivity index (χ0n) is 23.4. The lowest BCUT2D eigenvalue weighted by Crippen LogP contribution is -2.45. The van der Waals surface area contributed by atoms with E-state index in [9.17, 15) is 28.8 Å². The third-order valence-corrected chi connectivity index (χ3v) is 6.49. The van der Waals surface area contributed by atoms with Crippen molar-refractivity contribution < 1.29 is 48.5 Å². The third-order valence-electron chi connectivity index (χ3n) is 5.33. The van der Waals surface area contributed by atoms with E-state index in [1.807, 2.05) is 19.2 Å². The zero-order valence-corrected chi connectivity index (χ0v) is 24.2. The normalized spacial score (nSPS) is 12.7. The van der Waals surface area contributed by atoms with E-state index in [0.29, 0.717) is 43.5 Å². The Morgan fingerprint density at radius 2 is 1.51 bits per heavy atom. The van der Waals surface area contributed by atoms with Crippen molar-refractivity contribution in [1.82, 2.24) is 10.6 Å². The molecule has 39 heavy (non-hydrogen) atoms. The molecule has 0 aromatic carbocycles. The number of hydrogen-bond acceptors (Lipinski definition) is 9. The van der Waals surface area contributed by atoms with Crippen LogP contribution >= 0.6 is 11.8 Å². The van der Waals surface area contributed by atoms with Gasteiger partial charge in [0.15, 0.2) is 0 Å². The third kappa shape index (κ3) is 20.1. The van der Waals surface area contributed by atoms with Gasteiger partial charge in [-0.15, -0.1) is 0 Å². The molecule has 0 fully saturated rings. The van der Waals surface area contributed by atoms with E-state index in [-0.39, 0.29) is 43.2 Å². The van der Waals surface area contributed by atoms with Gasteiger partial charge in [-0.05, 0) is 18.8 Å². The molecule has 13 heteroatoms. The van der Waals surface area contributed by atoms with Crippen molar-refractivity contribution in [2.24, 2.45) is 17.8 Å². The number of amides is 2. The predicted molar refractivity (Wildman–Crippen MR) is 145 cm³/mol. The molecule has 0 saturated heterocycles. The SMILES string of the molecule is CC(C)CC(CSCC(=O)CCCOCCOCCNC(=O)CC(NC(=O)CC(=O)O)C(=O)O)C(=O)C(C)C. The van der Waals surface area contributed by atoms with E-state index in [1.165, 1.54) is 11.8 Å². The standard InChI is InChI=1S/C26H44N2O10S/c1-17(2)12-19(25(34)18(3)4)15-39-16-20(29)6-5-8-37-10-11-38-9-7-27-22(30)13-21(26(35)36)28-23(31)14-24(32)33/h17-19,21H,5-16H2,1-4H3,(H,27,30)(H,28,31)(H,32,33)(H,35,36). The van der Waals surface area contributed by atoms with Crippen molar-refractivity contribution in [3.8, 4) is 0 Å². The lowest BCUT2D eigenvalue weighted by Gasteiger charge is -2.19. The first kappa shape index (κ1) is 36.5. The zero-order chi connectivity index (χ0) is 29.8. The van der Waals surface area contributed by atoms with Crippen molar-refractivity contribution in [1.29, 1.82) is 0 Å². The number of nitrogens with one attached hydrogen (secondary N) is 2. The van der Waals surface area contributed by atoms with Crippen LogP contribution in [0.2, 0.25) is 0 Å². The molecule has 0 rings (SSSR count). The quantitative estimate of drug-likeness (QED) is 0.0965. The van der Waals surface area contributed by atoms with Crippen LogP contribution in [0.1, 0.15) is 59.8 Å². The highest BCUT2D eigenvalue weighted by atomic mass is 32.2. The minimum absolute atomic E-state index is 0.00444. The maximum atomic E-state index is 12.4. The van der Waals surface area contributed by atoms with Gasteiger partial charge in [-0.3, -0.25) is 24.0 Å². The first-order chi connectivity index (χ1) is 18.3. The van der Waals surface area contributed by atoms with Crippen LogP contribution in [0.5, 0.6) is 0 Å². The van der Waals surface area contributed by atoms with Crippen molar-refractivity contribution in [3.05, 3.63) is 0 Å². The lowest BCUT2D eigenvalue weighted by molar-refractivity contribution is -0.146. The Morgan fingerprint density at radius 3 is 2.08 bits per heavy atom. The van der Waals surface area contributed by atoms with E-state index in [4.69, 9.17) is 19.7 Å². The van der Waals surface area contributed by atoms with Crippen molar-refractivity contribution in [3.63, 3.8) is 0 Å². The minimum atomic E-state index is -1.53. The van der Waals surface area contributed by atoms with Gasteiger partial charge in [-0.25, -0.2) is 4.79 Å². The molecule has 0 aliphatic heterocycles. The number of ketones is 2. The Morgan fingerprint density at radius 1 is 0.872 bits per heavy atom. The first-order valence-electron chi connectivity index (χ1n) is 13.1.